The quantitative estimate of drug-likeness (QED) is 0.260. The van der Waals surface area contributed by atoms with Gasteiger partial charge in [0.1, 0.15) is 0 Å². The summed E-state index contributed by atoms with van der Waals surface area (Å²) in [5.41, 5.74) is 11.3. The lowest BCUT2D eigenvalue weighted by Gasteiger charge is -2.31. The molecule has 0 radical (unpaired) electrons. The minimum Gasteiger partial charge on any atom is -0.369 e. The molecule has 1 aliphatic rings. The molecule has 4 rings (SSSR count). The van der Waals surface area contributed by atoms with Gasteiger partial charge < -0.3 is 10.6 Å². The summed E-state index contributed by atoms with van der Waals surface area (Å²) in [7, 11) is 0. The number of nitrogens with zero attached hydrogens (tertiary/aromatic N) is 2. The number of hydrogen-bond acceptors (Lipinski definition) is 5. The van der Waals surface area contributed by atoms with Crippen molar-refractivity contribution in [2.24, 2.45) is 11.7 Å². The predicted molar refractivity (Wildman–Crippen MR) is 138 cm³/mol. The van der Waals surface area contributed by atoms with E-state index in [4.69, 9.17) is 10.9 Å². The SMILES string of the molecule is Cc1ccc(N(C=O)c2cc(C(=O)N3CCC(C(N)=O)CC3)cc(-c3ccc(C(=O)NO)cc3)c2)cc1. The summed E-state index contributed by atoms with van der Waals surface area (Å²) < 4.78 is 0. The summed E-state index contributed by atoms with van der Waals surface area (Å²) in [5, 5.41) is 8.89. The Morgan fingerprint density at radius 3 is 2.14 bits per heavy atom. The molecule has 0 aromatic heterocycles. The zero-order valence-corrected chi connectivity index (χ0v) is 20.4. The highest BCUT2D eigenvalue weighted by atomic mass is 16.5. The minimum absolute atomic E-state index is 0.211. The number of primary amides is 1. The molecule has 4 amide bonds. The number of nitrogens with one attached hydrogen (secondary N) is 1. The molecule has 0 atom stereocenters. The topological polar surface area (TPSA) is 133 Å². The molecular formula is C28H28N4O5. The van der Waals surface area contributed by atoms with Crippen LogP contribution in [0.25, 0.3) is 11.1 Å². The van der Waals surface area contributed by atoms with Gasteiger partial charge in [0, 0.05) is 35.8 Å². The number of piperidine rings is 1. The smallest absolute Gasteiger partial charge is 0.274 e. The molecule has 190 valence electrons. The third-order valence-electron chi connectivity index (χ3n) is 6.63. The van der Waals surface area contributed by atoms with Crippen LogP contribution in [0.1, 0.15) is 39.1 Å². The van der Waals surface area contributed by atoms with Crippen LogP contribution in [0.3, 0.4) is 0 Å². The van der Waals surface area contributed by atoms with Crippen molar-refractivity contribution in [3.8, 4) is 11.1 Å². The largest absolute Gasteiger partial charge is 0.369 e. The van der Waals surface area contributed by atoms with Crippen molar-refractivity contribution in [2.75, 3.05) is 18.0 Å². The van der Waals surface area contributed by atoms with Crippen LogP contribution >= 0.6 is 0 Å². The van der Waals surface area contributed by atoms with Crippen LogP contribution in [-0.4, -0.2) is 47.3 Å². The average Bonchev–Trinajstić information content (AvgIpc) is 2.93. The molecule has 1 saturated heterocycles. The number of nitrogens with two attached hydrogens (primary N) is 1. The molecular weight excluding hydrogens is 472 g/mol. The molecule has 1 fully saturated rings. The molecule has 9 nitrogen and oxygen atoms in total. The van der Waals surface area contributed by atoms with E-state index in [1.807, 2.05) is 31.2 Å². The molecule has 9 heteroatoms. The van der Waals surface area contributed by atoms with Gasteiger partial charge in [-0.15, -0.1) is 0 Å². The summed E-state index contributed by atoms with van der Waals surface area (Å²) in [6.07, 6.45) is 1.71. The third-order valence-corrected chi connectivity index (χ3v) is 6.63. The number of rotatable bonds is 7. The van der Waals surface area contributed by atoms with E-state index in [2.05, 4.69) is 0 Å². The van der Waals surface area contributed by atoms with Gasteiger partial charge in [0.25, 0.3) is 11.8 Å². The van der Waals surface area contributed by atoms with Gasteiger partial charge in [-0.1, -0.05) is 29.8 Å². The first-order chi connectivity index (χ1) is 17.8. The van der Waals surface area contributed by atoms with Crippen molar-refractivity contribution in [1.82, 2.24) is 10.4 Å². The van der Waals surface area contributed by atoms with E-state index in [1.165, 1.54) is 4.90 Å². The van der Waals surface area contributed by atoms with Gasteiger partial charge >= 0.3 is 0 Å². The zero-order chi connectivity index (χ0) is 26.5. The molecule has 1 heterocycles. The minimum atomic E-state index is -0.637. The number of anilines is 2. The van der Waals surface area contributed by atoms with Gasteiger partial charge in [0.15, 0.2) is 0 Å². The van der Waals surface area contributed by atoms with Gasteiger partial charge in [0.2, 0.25) is 12.3 Å². The van der Waals surface area contributed by atoms with Gasteiger partial charge in [0.05, 0.1) is 5.69 Å². The number of carbonyl (C=O) groups excluding carboxylic acids is 4. The number of aryl methyl sites for hydroxylation is 1. The standard InChI is InChI=1S/C28H28N4O5/c1-18-2-8-24(9-3-18)32(17-33)25-15-22(19-4-6-21(7-5-19)27(35)30-37)14-23(16-25)28(36)31-12-10-20(11-13-31)26(29)34/h2-9,14-17,20,37H,10-13H2,1H3,(H2,29,34)(H,30,35). The number of hydroxylamine groups is 1. The third kappa shape index (κ3) is 5.68. The molecule has 0 aliphatic carbocycles. The fraction of sp³-hybridized carbons (Fsp3) is 0.214. The number of likely N-dealkylation sites (tertiary alicyclic amines) is 1. The second kappa shape index (κ2) is 11.0. The Kier molecular flexibility index (Phi) is 7.64. The Morgan fingerprint density at radius 2 is 1.57 bits per heavy atom. The first-order valence-corrected chi connectivity index (χ1v) is 11.9. The summed E-state index contributed by atoms with van der Waals surface area (Å²) in [4.78, 5) is 52.1. The summed E-state index contributed by atoms with van der Waals surface area (Å²) >= 11 is 0. The lowest BCUT2D eigenvalue weighted by molar-refractivity contribution is -0.123. The predicted octanol–water partition coefficient (Wildman–Crippen LogP) is 3.41. The van der Waals surface area contributed by atoms with E-state index in [1.54, 1.807) is 52.8 Å². The molecule has 0 unspecified atom stereocenters. The number of benzene rings is 3. The summed E-state index contributed by atoms with van der Waals surface area (Å²) in [6, 6.07) is 19.2. The fourth-order valence-electron chi connectivity index (χ4n) is 4.44. The maximum atomic E-state index is 13.5. The second-order valence-corrected chi connectivity index (χ2v) is 9.07. The Balaban J connectivity index is 1.74. The molecule has 4 N–H and O–H groups in total. The summed E-state index contributed by atoms with van der Waals surface area (Å²) in [5.74, 6) is -1.44. The number of carbonyl (C=O) groups is 4. The van der Waals surface area contributed by atoms with Crippen molar-refractivity contribution < 1.29 is 24.4 Å². The van der Waals surface area contributed by atoms with Crippen molar-refractivity contribution in [2.45, 2.75) is 19.8 Å². The van der Waals surface area contributed by atoms with E-state index in [-0.39, 0.29) is 23.3 Å². The maximum absolute atomic E-state index is 13.5. The van der Waals surface area contributed by atoms with E-state index < -0.39 is 5.91 Å². The number of amides is 4. The van der Waals surface area contributed by atoms with Crippen molar-refractivity contribution in [1.29, 1.82) is 0 Å². The molecule has 3 aromatic carbocycles. The highest BCUT2D eigenvalue weighted by Gasteiger charge is 2.27. The second-order valence-electron chi connectivity index (χ2n) is 9.07. The van der Waals surface area contributed by atoms with E-state index in [9.17, 15) is 19.2 Å². The molecule has 3 aromatic rings. The van der Waals surface area contributed by atoms with Crippen LogP contribution in [0, 0.1) is 12.8 Å². The van der Waals surface area contributed by atoms with Crippen molar-refractivity contribution in [3.05, 3.63) is 83.4 Å². The molecule has 0 spiro atoms. The lowest BCUT2D eigenvalue weighted by atomic mass is 9.95. The van der Waals surface area contributed by atoms with E-state index in [0.29, 0.717) is 60.4 Å². The highest BCUT2D eigenvalue weighted by Crippen LogP contribution is 2.32. The fourth-order valence-corrected chi connectivity index (χ4v) is 4.44. The first kappa shape index (κ1) is 25.6. The van der Waals surface area contributed by atoms with Crippen LogP contribution in [0.2, 0.25) is 0 Å². The molecule has 0 bridgehead atoms. The van der Waals surface area contributed by atoms with Crippen LogP contribution in [0.15, 0.2) is 66.7 Å². The lowest BCUT2D eigenvalue weighted by Crippen LogP contribution is -2.41. The first-order valence-electron chi connectivity index (χ1n) is 11.9. The maximum Gasteiger partial charge on any atom is 0.274 e. The van der Waals surface area contributed by atoms with Crippen LogP contribution in [-0.2, 0) is 9.59 Å². The normalized spacial score (nSPS) is 13.6. The van der Waals surface area contributed by atoms with Crippen LogP contribution in [0.5, 0.6) is 0 Å². The van der Waals surface area contributed by atoms with Crippen molar-refractivity contribution >= 4 is 35.5 Å². The Morgan fingerprint density at radius 1 is 0.919 bits per heavy atom. The molecule has 1 aliphatic heterocycles. The van der Waals surface area contributed by atoms with Gasteiger partial charge in [-0.3, -0.25) is 29.3 Å². The Labute approximate surface area is 214 Å². The van der Waals surface area contributed by atoms with E-state index in [0.717, 1.165) is 5.56 Å². The molecule has 0 saturated carbocycles. The Hall–Kier alpha value is -4.50. The Bertz CT molecular complexity index is 1310. The highest BCUT2D eigenvalue weighted by molar-refractivity contribution is 5.99. The molecule has 37 heavy (non-hydrogen) atoms. The van der Waals surface area contributed by atoms with Crippen LogP contribution < -0.4 is 16.1 Å². The van der Waals surface area contributed by atoms with Crippen molar-refractivity contribution in [3.63, 3.8) is 0 Å². The van der Waals surface area contributed by atoms with Gasteiger partial charge in [-0.25, -0.2) is 5.48 Å². The zero-order valence-electron chi connectivity index (χ0n) is 20.4. The van der Waals surface area contributed by atoms with E-state index >= 15 is 0 Å². The monoisotopic (exact) mass is 500 g/mol. The number of hydrogen-bond donors (Lipinski definition) is 3. The van der Waals surface area contributed by atoms with Gasteiger partial charge in [-0.2, -0.15) is 0 Å². The van der Waals surface area contributed by atoms with Gasteiger partial charge in [-0.05, 0) is 73.4 Å². The van der Waals surface area contributed by atoms with Crippen LogP contribution in [0.4, 0.5) is 11.4 Å². The summed E-state index contributed by atoms with van der Waals surface area (Å²) in [6.45, 7) is 2.77. The average molecular weight is 501 g/mol.